The highest BCUT2D eigenvalue weighted by molar-refractivity contribution is 5.95. The number of guanidine groups is 2. The van der Waals surface area contributed by atoms with Crippen LogP contribution in [0.25, 0.3) is 0 Å². The van der Waals surface area contributed by atoms with Gasteiger partial charge in [0.15, 0.2) is 11.9 Å². The van der Waals surface area contributed by atoms with Crippen LogP contribution in [-0.4, -0.2) is 102 Å². The van der Waals surface area contributed by atoms with E-state index in [0.29, 0.717) is 12.0 Å². The minimum absolute atomic E-state index is 0.0255. The molecule has 0 unspecified atom stereocenters. The highest BCUT2D eigenvalue weighted by Crippen LogP contribution is 2.08. The summed E-state index contributed by atoms with van der Waals surface area (Å²) in [4.78, 5) is 72.3. The molecule has 18 nitrogen and oxygen atoms in total. The van der Waals surface area contributed by atoms with Gasteiger partial charge in [-0.2, -0.15) is 0 Å². The quantitative estimate of drug-likeness (QED) is 0.0327. The van der Waals surface area contributed by atoms with E-state index in [0.717, 1.165) is 0 Å². The molecule has 0 heterocycles. The van der Waals surface area contributed by atoms with Crippen molar-refractivity contribution in [2.45, 2.75) is 82.6 Å². The van der Waals surface area contributed by atoms with Crippen LogP contribution in [0, 0.1) is 5.92 Å². The molecule has 0 saturated heterocycles. The van der Waals surface area contributed by atoms with Crippen molar-refractivity contribution in [2.75, 3.05) is 19.7 Å². The van der Waals surface area contributed by atoms with Crippen LogP contribution in [-0.2, 0) is 30.4 Å². The van der Waals surface area contributed by atoms with E-state index in [1.165, 1.54) is 0 Å². The maximum absolute atomic E-state index is 13.6. The molecule has 0 aliphatic heterocycles. The van der Waals surface area contributed by atoms with E-state index in [2.05, 4.69) is 31.3 Å². The lowest BCUT2D eigenvalue weighted by Crippen LogP contribution is -2.59. The van der Waals surface area contributed by atoms with Crippen molar-refractivity contribution in [2.24, 2.45) is 44.6 Å². The van der Waals surface area contributed by atoms with Gasteiger partial charge in [-0.3, -0.25) is 29.2 Å². The molecule has 1 aromatic carbocycles. The van der Waals surface area contributed by atoms with Crippen molar-refractivity contribution in [1.29, 1.82) is 0 Å². The number of aliphatic hydroxyl groups is 1. The van der Waals surface area contributed by atoms with Gasteiger partial charge in [0.2, 0.25) is 23.6 Å². The van der Waals surface area contributed by atoms with Crippen LogP contribution in [0.15, 0.2) is 40.3 Å². The van der Waals surface area contributed by atoms with Crippen molar-refractivity contribution < 1.29 is 34.2 Å². The SMILES string of the molecule is CC(C)C[C@H](NC(=O)[C@H](CO)NC(=O)[C@H](Cc1ccccc1)NC(=O)[C@H](CCCN=C(N)N)NC(=O)[C@@H](N)CCCN=C(N)N)C(=O)O. The Hall–Kier alpha value is -4.97. The molecule has 48 heavy (non-hydrogen) atoms. The summed E-state index contributed by atoms with van der Waals surface area (Å²) in [7, 11) is 0. The molecule has 5 atom stereocenters. The second-order valence-corrected chi connectivity index (χ2v) is 11.6. The van der Waals surface area contributed by atoms with Crippen molar-refractivity contribution >= 4 is 41.5 Å². The normalized spacial score (nSPS) is 13.9. The average molecular weight is 678 g/mol. The summed E-state index contributed by atoms with van der Waals surface area (Å²) in [6.07, 6.45) is 1.06. The highest BCUT2D eigenvalue weighted by Gasteiger charge is 2.32. The summed E-state index contributed by atoms with van der Waals surface area (Å²) in [5.41, 5.74) is 28.1. The first-order valence-electron chi connectivity index (χ1n) is 15.6. The third kappa shape index (κ3) is 16.5. The molecule has 18 heteroatoms. The number of carboxylic acid groups (broad SMARTS) is 1. The van der Waals surface area contributed by atoms with Crippen LogP contribution in [0.3, 0.4) is 0 Å². The predicted molar refractivity (Wildman–Crippen MR) is 180 cm³/mol. The smallest absolute Gasteiger partial charge is 0.326 e. The standard InChI is InChI=1S/C30H51N11O7/c1-17(2)14-22(28(47)48)40-27(46)23(16-42)41-26(45)21(15-18-8-4-3-5-9-18)39-25(44)20(11-7-13-37-30(34)35)38-24(43)19(31)10-6-12-36-29(32)33/h3-5,8-9,17,19-23,42H,6-7,10-16,31H2,1-2H3,(H,38,43)(H,39,44)(H,40,46)(H,41,45)(H,47,48)(H4,32,33,36)(H4,34,35,37)/t19-,20-,21-,22-,23-/m0/s1. The molecule has 16 N–H and O–H groups in total. The molecule has 268 valence electrons. The molecule has 0 aliphatic rings. The molecule has 1 aromatic rings. The minimum Gasteiger partial charge on any atom is -0.480 e. The van der Waals surface area contributed by atoms with E-state index >= 15 is 0 Å². The van der Waals surface area contributed by atoms with Gasteiger partial charge in [-0.25, -0.2) is 4.79 Å². The second-order valence-electron chi connectivity index (χ2n) is 11.6. The molecule has 0 saturated carbocycles. The van der Waals surface area contributed by atoms with Crippen LogP contribution >= 0.6 is 0 Å². The Labute approximate surface area is 279 Å². The van der Waals surface area contributed by atoms with Gasteiger partial charge in [0.05, 0.1) is 12.6 Å². The Morgan fingerprint density at radius 2 is 1.19 bits per heavy atom. The van der Waals surface area contributed by atoms with Gasteiger partial charge in [-0.15, -0.1) is 0 Å². The largest absolute Gasteiger partial charge is 0.480 e. The predicted octanol–water partition coefficient (Wildman–Crippen LogP) is -3.27. The number of amides is 4. The fourth-order valence-electron chi connectivity index (χ4n) is 4.46. The number of aliphatic imine (C=N–C) groups is 2. The van der Waals surface area contributed by atoms with Crippen LogP contribution in [0.4, 0.5) is 0 Å². The summed E-state index contributed by atoms with van der Waals surface area (Å²) < 4.78 is 0. The van der Waals surface area contributed by atoms with Gasteiger partial charge >= 0.3 is 5.97 Å². The van der Waals surface area contributed by atoms with Gasteiger partial charge in [0.25, 0.3) is 0 Å². The van der Waals surface area contributed by atoms with E-state index in [1.54, 1.807) is 44.2 Å². The fraction of sp³-hybridized carbons (Fsp3) is 0.567. The number of benzene rings is 1. The van der Waals surface area contributed by atoms with E-state index in [9.17, 15) is 34.2 Å². The van der Waals surface area contributed by atoms with E-state index in [4.69, 9.17) is 28.7 Å². The van der Waals surface area contributed by atoms with E-state index < -0.39 is 66.4 Å². The second kappa shape index (κ2) is 21.8. The summed E-state index contributed by atoms with van der Waals surface area (Å²) >= 11 is 0. The average Bonchev–Trinajstić information content (AvgIpc) is 3.02. The number of carbonyl (C=O) groups excluding carboxylic acids is 4. The third-order valence-corrected chi connectivity index (χ3v) is 6.94. The Kier molecular flexibility index (Phi) is 18.6. The van der Waals surface area contributed by atoms with Crippen molar-refractivity contribution in [3.8, 4) is 0 Å². The number of nitrogens with zero attached hydrogens (tertiary/aromatic N) is 2. The lowest BCUT2D eigenvalue weighted by atomic mass is 10.0. The van der Waals surface area contributed by atoms with Gasteiger partial charge in [-0.05, 0) is 43.6 Å². The van der Waals surface area contributed by atoms with Gasteiger partial charge in [0, 0.05) is 19.5 Å². The molecule has 0 bridgehead atoms. The minimum atomic E-state index is -1.52. The third-order valence-electron chi connectivity index (χ3n) is 6.94. The molecule has 0 aliphatic carbocycles. The Bertz CT molecular complexity index is 1250. The Morgan fingerprint density at radius 1 is 0.708 bits per heavy atom. The lowest BCUT2D eigenvalue weighted by Gasteiger charge is -2.26. The maximum atomic E-state index is 13.6. The molecule has 4 amide bonds. The highest BCUT2D eigenvalue weighted by atomic mass is 16.4. The Balaban J connectivity index is 3.19. The van der Waals surface area contributed by atoms with Crippen molar-refractivity contribution in [3.05, 3.63) is 35.9 Å². The number of carboxylic acids is 1. The van der Waals surface area contributed by atoms with Crippen LogP contribution < -0.4 is 49.9 Å². The zero-order valence-electron chi connectivity index (χ0n) is 27.4. The summed E-state index contributed by atoms with van der Waals surface area (Å²) in [5, 5.41) is 29.4. The van der Waals surface area contributed by atoms with Crippen molar-refractivity contribution in [1.82, 2.24) is 21.3 Å². The zero-order valence-corrected chi connectivity index (χ0v) is 27.4. The molecule has 0 fully saturated rings. The topological polar surface area (TPSA) is 329 Å². The molecule has 0 radical (unpaired) electrons. The first-order valence-corrected chi connectivity index (χ1v) is 15.6. The Morgan fingerprint density at radius 3 is 1.71 bits per heavy atom. The summed E-state index contributed by atoms with van der Waals surface area (Å²) in [6, 6.07) is 2.48. The molecule has 0 aromatic heterocycles. The maximum Gasteiger partial charge on any atom is 0.326 e. The van der Waals surface area contributed by atoms with Gasteiger partial charge in [-0.1, -0.05) is 44.2 Å². The molecule has 0 spiro atoms. The number of hydrogen-bond donors (Lipinski definition) is 11. The van der Waals surface area contributed by atoms with Crippen LogP contribution in [0.2, 0.25) is 0 Å². The van der Waals surface area contributed by atoms with Crippen molar-refractivity contribution in [3.63, 3.8) is 0 Å². The number of nitrogens with one attached hydrogen (secondary N) is 4. The monoisotopic (exact) mass is 677 g/mol. The number of aliphatic carboxylic acids is 1. The van der Waals surface area contributed by atoms with Crippen LogP contribution in [0.1, 0.15) is 51.5 Å². The zero-order chi connectivity index (χ0) is 36.2. The number of rotatable bonds is 22. The number of hydrogen-bond acceptors (Lipinski definition) is 9. The number of carbonyl (C=O) groups is 5. The molecule has 1 rings (SSSR count). The number of nitrogens with two attached hydrogens (primary N) is 5. The first-order chi connectivity index (χ1) is 22.6. The van der Waals surface area contributed by atoms with E-state index in [1.807, 2.05) is 0 Å². The lowest BCUT2D eigenvalue weighted by molar-refractivity contribution is -0.143. The van der Waals surface area contributed by atoms with E-state index in [-0.39, 0.29) is 63.0 Å². The summed E-state index contributed by atoms with van der Waals surface area (Å²) in [5.74, 6) is -4.68. The van der Waals surface area contributed by atoms with Gasteiger partial charge < -0.3 is 60.1 Å². The van der Waals surface area contributed by atoms with Gasteiger partial charge in [0.1, 0.15) is 24.2 Å². The van der Waals surface area contributed by atoms with Crippen LogP contribution in [0.5, 0.6) is 0 Å². The summed E-state index contributed by atoms with van der Waals surface area (Å²) in [6.45, 7) is 3.13. The first kappa shape index (κ1) is 41.1. The molecular weight excluding hydrogens is 626 g/mol. The number of aliphatic hydroxyl groups excluding tert-OH is 1. The fourth-order valence-corrected chi connectivity index (χ4v) is 4.46. The molecular formula is C30H51N11O7.